The normalized spacial score (nSPS) is 19.8. The first-order valence-corrected chi connectivity index (χ1v) is 13.8. The molecule has 0 bridgehead atoms. The van der Waals surface area contributed by atoms with Crippen molar-refractivity contribution in [3.63, 3.8) is 0 Å². The van der Waals surface area contributed by atoms with Gasteiger partial charge in [0.2, 0.25) is 11.8 Å². The zero-order valence-corrected chi connectivity index (χ0v) is 25.7. The Morgan fingerprint density at radius 1 is 1.00 bits per heavy atom. The molecule has 3 aromatic carbocycles. The molecular weight excluding hydrogens is 585 g/mol. The molecule has 3 heterocycles. The Balaban J connectivity index is 0.00000212. The first-order valence-electron chi connectivity index (χ1n) is 13.8. The Bertz CT molecular complexity index is 1580. The fourth-order valence-electron chi connectivity index (χ4n) is 5.98. The third-order valence-electron chi connectivity index (χ3n) is 8.00. The van der Waals surface area contributed by atoms with Crippen LogP contribution in [0.2, 0.25) is 0 Å². The number of aromatic nitrogens is 2. The Morgan fingerprint density at radius 3 is 2.49 bits per heavy atom. The van der Waals surface area contributed by atoms with E-state index in [1.165, 1.54) is 0 Å². The summed E-state index contributed by atoms with van der Waals surface area (Å²) in [6.07, 6.45) is 1.50. The van der Waals surface area contributed by atoms with Crippen molar-refractivity contribution in [1.82, 2.24) is 30.2 Å². The molecule has 4 amide bonds. The number of carbonyl (C=O) groups excluding carboxylic acids is 3. The highest BCUT2D eigenvalue weighted by Crippen LogP contribution is 2.32. The number of nitrogens with one attached hydrogen (secondary N) is 2. The van der Waals surface area contributed by atoms with Crippen LogP contribution in [0.4, 0.5) is 4.79 Å². The number of piperazine rings is 1. The van der Waals surface area contributed by atoms with E-state index in [1.807, 2.05) is 55.5 Å². The molecule has 4 aromatic rings. The predicted molar refractivity (Wildman–Crippen MR) is 173 cm³/mol. The molecule has 0 aliphatic carbocycles. The quantitative estimate of drug-likeness (QED) is 0.304. The number of fused-ring (bicyclic) bond motifs is 2. The molecule has 3 N–H and O–H groups in total. The van der Waals surface area contributed by atoms with Crippen molar-refractivity contribution in [1.29, 1.82) is 0 Å². The minimum atomic E-state index is -0.802. The van der Waals surface area contributed by atoms with Gasteiger partial charge in [-0.15, -0.1) is 0 Å². The number of hydrogen-bond donors (Lipinski definition) is 3. The van der Waals surface area contributed by atoms with Gasteiger partial charge >= 0.3 is 6.03 Å². The second-order valence-electron chi connectivity index (χ2n) is 10.7. The summed E-state index contributed by atoms with van der Waals surface area (Å²) in [6.45, 7) is 2.71. The van der Waals surface area contributed by atoms with Gasteiger partial charge in [0, 0.05) is 37.4 Å². The van der Waals surface area contributed by atoms with E-state index in [9.17, 15) is 19.5 Å². The summed E-state index contributed by atoms with van der Waals surface area (Å²) in [5.74, 6) is -0.208. The van der Waals surface area contributed by atoms with Crippen molar-refractivity contribution in [2.75, 3.05) is 6.54 Å². The number of amides is 4. The van der Waals surface area contributed by atoms with Crippen molar-refractivity contribution in [2.24, 2.45) is 0 Å². The van der Waals surface area contributed by atoms with E-state index < -0.39 is 12.2 Å². The molecule has 0 radical (unpaired) electrons. The summed E-state index contributed by atoms with van der Waals surface area (Å²) >= 11 is 0. The summed E-state index contributed by atoms with van der Waals surface area (Å²) in [6, 6.07) is 20.7. The van der Waals surface area contributed by atoms with Crippen LogP contribution in [0.15, 0.2) is 79.0 Å². The van der Waals surface area contributed by atoms with Crippen LogP contribution >= 0.6 is 27.0 Å². The third kappa shape index (κ3) is 6.45. The smallest absolute Gasteiger partial charge is 0.319 e. The fraction of sp³-hybridized carbons (Fsp3) is 0.290. The zero-order valence-electron chi connectivity index (χ0n) is 23.7. The number of rotatable bonds is 6. The average molecular weight is 621 g/mol. The summed E-state index contributed by atoms with van der Waals surface area (Å²) in [7, 11) is 0. The van der Waals surface area contributed by atoms with Gasteiger partial charge in [-0.3, -0.25) is 19.6 Å². The first kappa shape index (κ1) is 31.8. The summed E-state index contributed by atoms with van der Waals surface area (Å²) in [4.78, 5) is 46.3. The van der Waals surface area contributed by atoms with Crippen LogP contribution in [-0.4, -0.2) is 72.6 Å². The molecule has 2 saturated heterocycles. The lowest BCUT2D eigenvalue weighted by Crippen LogP contribution is -2.73. The maximum absolute atomic E-state index is 14.1. The number of hydrogen-bond acceptors (Lipinski definition) is 5. The molecule has 2 aliphatic rings. The lowest BCUT2D eigenvalue weighted by Gasteiger charge is -2.54. The topological polar surface area (TPSA) is 122 Å². The van der Waals surface area contributed by atoms with Crippen molar-refractivity contribution in [3.05, 3.63) is 95.7 Å². The van der Waals surface area contributed by atoms with Crippen molar-refractivity contribution in [2.45, 2.75) is 51.1 Å². The van der Waals surface area contributed by atoms with Crippen molar-refractivity contribution >= 4 is 55.7 Å². The van der Waals surface area contributed by atoms with Crippen molar-refractivity contribution < 1.29 is 19.5 Å². The van der Waals surface area contributed by atoms with Gasteiger partial charge in [0.15, 0.2) is 0 Å². The van der Waals surface area contributed by atoms with Gasteiger partial charge in [-0.2, -0.15) is 32.1 Å². The SMILES string of the molecule is C[C@@H]1CC(=O)N2[C@H](CN(Cc3cccc4cn[nH]c34)C(=O)[C@@H]2Cc2ccc(O)cc2)N1C(=O)NCc1ccccc1.S.S. The first-order chi connectivity index (χ1) is 19.9. The van der Waals surface area contributed by atoms with E-state index in [0.717, 1.165) is 27.6 Å². The van der Waals surface area contributed by atoms with Crippen LogP contribution < -0.4 is 5.32 Å². The second kappa shape index (κ2) is 13.4. The van der Waals surface area contributed by atoms with Crippen LogP contribution in [-0.2, 0) is 29.1 Å². The van der Waals surface area contributed by atoms with E-state index in [-0.39, 0.29) is 76.0 Å². The van der Waals surface area contributed by atoms with Gasteiger partial charge in [-0.05, 0) is 35.7 Å². The molecule has 43 heavy (non-hydrogen) atoms. The molecule has 12 heteroatoms. The Kier molecular flexibility index (Phi) is 9.92. The number of phenols is 1. The number of urea groups is 1. The van der Waals surface area contributed by atoms with Crippen LogP contribution in [0.25, 0.3) is 10.9 Å². The predicted octanol–water partition coefficient (Wildman–Crippen LogP) is 3.61. The maximum Gasteiger partial charge on any atom is 0.319 e. The van der Waals surface area contributed by atoms with Gasteiger partial charge in [0.1, 0.15) is 18.0 Å². The summed E-state index contributed by atoms with van der Waals surface area (Å²) in [5.41, 5.74) is 3.53. The van der Waals surface area contributed by atoms with E-state index in [1.54, 1.807) is 45.2 Å². The minimum absolute atomic E-state index is 0. The van der Waals surface area contributed by atoms with Crippen LogP contribution in [0.3, 0.4) is 0 Å². The highest BCUT2D eigenvalue weighted by molar-refractivity contribution is 7.59. The number of nitrogens with zero attached hydrogens (tertiary/aromatic N) is 4. The summed E-state index contributed by atoms with van der Waals surface area (Å²) < 4.78 is 0. The number of phenolic OH excluding ortho intramolecular Hbond substituents is 1. The minimum Gasteiger partial charge on any atom is -0.508 e. The number of aromatic amines is 1. The van der Waals surface area contributed by atoms with Crippen LogP contribution in [0.1, 0.15) is 30.0 Å². The number of aromatic hydroxyl groups is 1. The number of H-pyrrole nitrogens is 1. The van der Waals surface area contributed by atoms with E-state index in [0.29, 0.717) is 13.1 Å². The maximum atomic E-state index is 14.1. The van der Waals surface area contributed by atoms with Gasteiger partial charge in [0.05, 0.1) is 18.3 Å². The van der Waals surface area contributed by atoms with E-state index in [2.05, 4.69) is 15.5 Å². The second-order valence-corrected chi connectivity index (χ2v) is 10.7. The lowest BCUT2D eigenvalue weighted by atomic mass is 9.95. The van der Waals surface area contributed by atoms with Crippen molar-refractivity contribution in [3.8, 4) is 5.75 Å². The number of carbonyl (C=O) groups is 3. The summed E-state index contributed by atoms with van der Waals surface area (Å²) in [5, 5.41) is 20.9. The highest BCUT2D eigenvalue weighted by atomic mass is 32.1. The number of benzene rings is 3. The average Bonchev–Trinajstić information content (AvgIpc) is 3.46. The monoisotopic (exact) mass is 620 g/mol. The molecule has 1 aromatic heterocycles. The third-order valence-corrected chi connectivity index (χ3v) is 8.00. The molecule has 0 saturated carbocycles. The van der Waals surface area contributed by atoms with Gasteiger partial charge in [0.25, 0.3) is 0 Å². The van der Waals surface area contributed by atoms with Gasteiger partial charge in [-0.25, -0.2) is 4.79 Å². The fourth-order valence-corrected chi connectivity index (χ4v) is 5.98. The highest BCUT2D eigenvalue weighted by Gasteiger charge is 2.50. The molecule has 6 rings (SSSR count). The largest absolute Gasteiger partial charge is 0.508 e. The van der Waals surface area contributed by atoms with Gasteiger partial charge < -0.3 is 20.2 Å². The van der Waals surface area contributed by atoms with Crippen LogP contribution in [0, 0.1) is 0 Å². The molecule has 10 nitrogen and oxygen atoms in total. The Morgan fingerprint density at radius 2 is 1.74 bits per heavy atom. The molecular formula is C31H36N6O4S2. The standard InChI is InChI=1S/C31H32N6O4.2H2S/c1-20-14-28(39)37-26(15-21-10-12-25(38)13-11-21)30(40)35(18-24-9-5-8-23-17-33-34-29(23)24)19-27(37)36(20)31(41)32-16-22-6-3-2-4-7-22;;/h2-13,17,20,26-27,38H,14-16,18-19H2,1H3,(H,32,41)(H,33,34);2*1H2/t20-,26+,27-;;/m1../s1. The molecule has 2 fully saturated rings. The lowest BCUT2D eigenvalue weighted by molar-refractivity contribution is -0.170. The molecule has 2 aliphatic heterocycles. The van der Waals surface area contributed by atoms with Gasteiger partial charge in [-0.1, -0.05) is 60.7 Å². The van der Waals surface area contributed by atoms with E-state index >= 15 is 0 Å². The van der Waals surface area contributed by atoms with Crippen LogP contribution in [0.5, 0.6) is 5.75 Å². The molecule has 3 atom stereocenters. The zero-order chi connectivity index (χ0) is 28.5. The van der Waals surface area contributed by atoms with E-state index in [4.69, 9.17) is 0 Å². The molecule has 0 unspecified atom stereocenters. The molecule has 226 valence electrons. The Hall–Kier alpha value is -4.16. The molecule has 0 spiro atoms. The Labute approximate surface area is 263 Å². The number of para-hydroxylation sites is 1.